The monoisotopic (exact) mass is 438 g/mol. The lowest BCUT2D eigenvalue weighted by molar-refractivity contribution is -0.127. The van der Waals surface area contributed by atoms with Crippen molar-refractivity contribution in [2.24, 2.45) is 0 Å². The third kappa shape index (κ3) is 4.65. The number of imidazole rings is 1. The first-order valence-electron chi connectivity index (χ1n) is 10.4. The number of piperidine rings is 1. The topological polar surface area (TPSA) is 96.2 Å². The van der Waals surface area contributed by atoms with Crippen molar-refractivity contribution < 1.29 is 23.1 Å². The van der Waals surface area contributed by atoms with E-state index in [-0.39, 0.29) is 36.6 Å². The third-order valence-electron chi connectivity index (χ3n) is 5.84. The molecule has 168 valence electrons. The quantitative estimate of drug-likeness (QED) is 0.745. The van der Waals surface area contributed by atoms with Gasteiger partial charge in [0.25, 0.3) is 0 Å². The lowest BCUT2D eigenvalue weighted by Crippen LogP contribution is -2.36. The van der Waals surface area contributed by atoms with Crippen molar-refractivity contribution in [2.75, 3.05) is 29.9 Å². The fraction of sp³-hybridized carbons (Fsp3) is 0.600. The van der Waals surface area contributed by atoms with E-state index in [0.29, 0.717) is 44.0 Å². The van der Waals surface area contributed by atoms with E-state index in [4.69, 9.17) is 0 Å². The Morgan fingerprint density at radius 3 is 2.68 bits per heavy atom. The van der Waals surface area contributed by atoms with Crippen molar-refractivity contribution in [3.8, 4) is 0 Å². The molecule has 1 fully saturated rings. The zero-order valence-electron chi connectivity index (χ0n) is 17.2. The molecule has 1 amide bonds. The summed E-state index contributed by atoms with van der Waals surface area (Å²) in [5.74, 6) is 1.89. The normalized spacial score (nSPS) is 20.0. The Morgan fingerprint density at radius 2 is 2.00 bits per heavy atom. The number of carbonyl (C=O) groups excluding carboxylic acids is 1. The van der Waals surface area contributed by atoms with Crippen LogP contribution in [-0.2, 0) is 17.8 Å². The molecule has 4 rings (SSSR count). The summed E-state index contributed by atoms with van der Waals surface area (Å²) in [4.78, 5) is 26.9. The fourth-order valence-corrected chi connectivity index (χ4v) is 4.49. The highest BCUT2D eigenvalue weighted by Crippen LogP contribution is 2.38. The molecule has 0 radical (unpaired) electrons. The molecule has 31 heavy (non-hydrogen) atoms. The maximum absolute atomic E-state index is 12.8. The summed E-state index contributed by atoms with van der Waals surface area (Å²) in [5.41, 5.74) is 0.905. The van der Waals surface area contributed by atoms with E-state index in [2.05, 4.69) is 25.2 Å². The van der Waals surface area contributed by atoms with Gasteiger partial charge in [-0.05, 0) is 18.8 Å². The van der Waals surface area contributed by atoms with E-state index in [1.807, 2.05) is 6.92 Å². The Balaban J connectivity index is 1.51. The Morgan fingerprint density at radius 1 is 1.26 bits per heavy atom. The van der Waals surface area contributed by atoms with Gasteiger partial charge in [0.05, 0.1) is 18.7 Å². The second-order valence-corrected chi connectivity index (χ2v) is 8.17. The molecule has 2 N–H and O–H groups in total. The van der Waals surface area contributed by atoms with Crippen molar-refractivity contribution in [3.05, 3.63) is 29.6 Å². The van der Waals surface area contributed by atoms with Crippen LogP contribution in [-0.4, -0.2) is 56.4 Å². The van der Waals surface area contributed by atoms with Gasteiger partial charge in [0.1, 0.15) is 23.8 Å². The van der Waals surface area contributed by atoms with Gasteiger partial charge in [-0.2, -0.15) is 13.2 Å². The van der Waals surface area contributed by atoms with Gasteiger partial charge < -0.3 is 19.9 Å². The molecule has 0 saturated carbocycles. The van der Waals surface area contributed by atoms with Crippen LogP contribution in [0.3, 0.4) is 0 Å². The van der Waals surface area contributed by atoms with E-state index in [1.54, 1.807) is 4.57 Å². The molecular formula is C20H25F3N6O2. The van der Waals surface area contributed by atoms with Crippen LogP contribution < -0.4 is 10.2 Å². The van der Waals surface area contributed by atoms with Crippen LogP contribution in [0.25, 0.3) is 0 Å². The van der Waals surface area contributed by atoms with Gasteiger partial charge in [-0.3, -0.25) is 4.79 Å². The maximum atomic E-state index is 12.8. The minimum atomic E-state index is -4.32. The van der Waals surface area contributed by atoms with E-state index in [0.717, 1.165) is 11.4 Å². The van der Waals surface area contributed by atoms with Crippen molar-refractivity contribution in [1.29, 1.82) is 0 Å². The number of aliphatic hydroxyl groups is 1. The molecule has 0 aromatic carbocycles. The lowest BCUT2D eigenvalue weighted by Gasteiger charge is -2.35. The predicted molar refractivity (Wildman–Crippen MR) is 107 cm³/mol. The smallest absolute Gasteiger partial charge is 0.394 e. The summed E-state index contributed by atoms with van der Waals surface area (Å²) in [7, 11) is 0. The number of aromatic nitrogens is 4. The molecule has 8 nitrogen and oxygen atoms in total. The number of anilines is 2. The number of nitrogens with zero attached hydrogens (tertiary/aromatic N) is 5. The molecule has 2 aliphatic heterocycles. The Bertz CT molecular complexity index is 953. The van der Waals surface area contributed by atoms with Crippen molar-refractivity contribution in [2.45, 2.75) is 57.2 Å². The number of rotatable bonds is 5. The molecule has 11 heteroatoms. The Labute approximate surface area is 177 Å². The van der Waals surface area contributed by atoms with Crippen LogP contribution >= 0.6 is 0 Å². The number of carbonyl (C=O) groups is 1. The summed E-state index contributed by atoms with van der Waals surface area (Å²) in [5, 5.41) is 12.1. The first-order valence-corrected chi connectivity index (χ1v) is 10.4. The Kier molecular flexibility index (Phi) is 5.87. The van der Waals surface area contributed by atoms with Gasteiger partial charge >= 0.3 is 6.18 Å². The largest absolute Gasteiger partial charge is 0.395 e. The first-order chi connectivity index (χ1) is 14.7. The number of nitrogens with one attached hydrogen (secondary N) is 1. The minimum Gasteiger partial charge on any atom is -0.395 e. The van der Waals surface area contributed by atoms with E-state index < -0.39 is 12.6 Å². The van der Waals surface area contributed by atoms with Crippen LogP contribution in [0.15, 0.2) is 12.5 Å². The van der Waals surface area contributed by atoms with Gasteiger partial charge in [-0.25, -0.2) is 15.0 Å². The average molecular weight is 438 g/mol. The summed E-state index contributed by atoms with van der Waals surface area (Å²) >= 11 is 0. The zero-order valence-corrected chi connectivity index (χ0v) is 17.2. The van der Waals surface area contributed by atoms with Crippen LogP contribution in [0.1, 0.15) is 55.1 Å². The average Bonchev–Trinajstić information content (AvgIpc) is 3.08. The molecule has 0 aliphatic carbocycles. The number of aliphatic hydroxyl groups excluding tert-OH is 1. The van der Waals surface area contributed by atoms with Gasteiger partial charge in [-0.15, -0.1) is 0 Å². The maximum Gasteiger partial charge on any atom is 0.394 e. The molecule has 2 aliphatic rings. The van der Waals surface area contributed by atoms with E-state index in [1.165, 1.54) is 12.5 Å². The Hall–Kier alpha value is -2.69. The molecule has 2 aromatic rings. The molecule has 1 saturated heterocycles. The molecule has 1 unspecified atom stereocenters. The lowest BCUT2D eigenvalue weighted by atomic mass is 9.92. The second kappa shape index (κ2) is 8.45. The van der Waals surface area contributed by atoms with Gasteiger partial charge in [0, 0.05) is 43.7 Å². The summed E-state index contributed by atoms with van der Waals surface area (Å²) in [6.07, 6.45) is -0.775. The van der Waals surface area contributed by atoms with Crippen LogP contribution in [0, 0.1) is 0 Å². The summed E-state index contributed by atoms with van der Waals surface area (Å²) in [6, 6.07) is 0. The van der Waals surface area contributed by atoms with Gasteiger partial charge in [0.15, 0.2) is 0 Å². The SMILES string of the molecule is CC1CC(=O)Nc2ncnc(N3CCC(c4nc(CC(F)(F)F)cn4CCO)CC3)c21. The number of alkyl halides is 3. The predicted octanol–water partition coefficient (Wildman–Crippen LogP) is 2.60. The molecule has 1 atom stereocenters. The number of hydrogen-bond donors (Lipinski definition) is 2. The number of halogens is 3. The van der Waals surface area contributed by atoms with Gasteiger partial charge in [0.2, 0.25) is 5.91 Å². The standard InChI is InChI=1S/C20H25F3N6O2/c1-12-8-15(31)27-17-16(12)19(25-11-24-17)28-4-2-13(3-5-28)18-26-14(9-20(21,22)23)10-29(18)6-7-30/h10-13,30H,2-9H2,1H3,(H,24,25,27,31). The molecular weight excluding hydrogens is 413 g/mol. The van der Waals surface area contributed by atoms with Crippen molar-refractivity contribution >= 4 is 17.5 Å². The summed E-state index contributed by atoms with van der Waals surface area (Å²) in [6.45, 7) is 3.36. The van der Waals surface area contributed by atoms with E-state index in [9.17, 15) is 23.1 Å². The van der Waals surface area contributed by atoms with Crippen LogP contribution in [0.5, 0.6) is 0 Å². The van der Waals surface area contributed by atoms with Crippen LogP contribution in [0.4, 0.5) is 24.8 Å². The molecule has 2 aromatic heterocycles. The molecule has 0 spiro atoms. The highest BCUT2D eigenvalue weighted by Gasteiger charge is 2.33. The van der Waals surface area contributed by atoms with Crippen molar-refractivity contribution in [1.82, 2.24) is 19.5 Å². The summed E-state index contributed by atoms with van der Waals surface area (Å²) < 4.78 is 40.0. The first kappa shape index (κ1) is 21.5. The minimum absolute atomic E-state index is 0.000395. The van der Waals surface area contributed by atoms with Gasteiger partial charge in [-0.1, -0.05) is 6.92 Å². The highest BCUT2D eigenvalue weighted by molar-refractivity contribution is 5.94. The number of amides is 1. The number of fused-ring (bicyclic) bond motifs is 1. The van der Waals surface area contributed by atoms with Crippen molar-refractivity contribution in [3.63, 3.8) is 0 Å². The molecule has 4 heterocycles. The third-order valence-corrected chi connectivity index (χ3v) is 5.84. The second-order valence-electron chi connectivity index (χ2n) is 8.17. The fourth-order valence-electron chi connectivity index (χ4n) is 4.49. The highest BCUT2D eigenvalue weighted by atomic mass is 19.4. The number of hydrogen-bond acceptors (Lipinski definition) is 6. The molecule has 0 bridgehead atoms. The van der Waals surface area contributed by atoms with Crippen LogP contribution in [0.2, 0.25) is 0 Å². The zero-order chi connectivity index (χ0) is 22.2. The van der Waals surface area contributed by atoms with E-state index >= 15 is 0 Å².